The van der Waals surface area contributed by atoms with E-state index in [0.29, 0.717) is 17.9 Å². The summed E-state index contributed by atoms with van der Waals surface area (Å²) in [6.45, 7) is 4.42. The number of aromatic nitrogens is 3. The Bertz CT molecular complexity index is 1270. The van der Waals surface area contributed by atoms with Gasteiger partial charge in [0.15, 0.2) is 0 Å². The van der Waals surface area contributed by atoms with Gasteiger partial charge >= 0.3 is 11.7 Å². The minimum atomic E-state index is -0.957. The van der Waals surface area contributed by atoms with Crippen molar-refractivity contribution in [3.05, 3.63) is 106 Å². The quantitative estimate of drug-likeness (QED) is 0.502. The smallest absolute Gasteiger partial charge is 0.351 e. The number of benzene rings is 3. The molecular weight excluding hydrogens is 390 g/mol. The lowest BCUT2D eigenvalue weighted by Crippen LogP contribution is -2.25. The van der Waals surface area contributed by atoms with Gasteiger partial charge in [0.1, 0.15) is 5.82 Å². The van der Waals surface area contributed by atoms with E-state index in [4.69, 9.17) is 0 Å². The first-order valence-electron chi connectivity index (χ1n) is 10.1. The Labute approximate surface area is 180 Å². The molecule has 6 heteroatoms. The molecule has 1 N–H and O–H groups in total. The molecule has 31 heavy (non-hydrogen) atoms. The van der Waals surface area contributed by atoms with Crippen LogP contribution in [0.3, 0.4) is 0 Å². The fourth-order valence-corrected chi connectivity index (χ4v) is 3.62. The Kier molecular flexibility index (Phi) is 5.54. The Balaban J connectivity index is 1.68. The second kappa shape index (κ2) is 8.44. The number of carbonyl (C=O) groups is 1. The van der Waals surface area contributed by atoms with Crippen molar-refractivity contribution >= 4 is 5.97 Å². The van der Waals surface area contributed by atoms with Crippen molar-refractivity contribution in [1.29, 1.82) is 0 Å². The summed E-state index contributed by atoms with van der Waals surface area (Å²) in [7, 11) is 0. The average molecular weight is 413 g/mol. The fraction of sp³-hybridized carbons (Fsp3) is 0.160. The molecule has 0 bridgehead atoms. The molecule has 0 saturated carbocycles. The predicted octanol–water partition coefficient (Wildman–Crippen LogP) is 4.57. The molecule has 1 heterocycles. The molecule has 4 aromatic rings. The number of hydrogen-bond acceptors (Lipinski definition) is 3. The van der Waals surface area contributed by atoms with Crippen LogP contribution in [0.1, 0.15) is 41.5 Å². The summed E-state index contributed by atoms with van der Waals surface area (Å²) in [5.74, 6) is -0.158. The van der Waals surface area contributed by atoms with Crippen molar-refractivity contribution in [2.75, 3.05) is 0 Å². The molecule has 0 spiro atoms. The van der Waals surface area contributed by atoms with E-state index in [1.165, 1.54) is 4.68 Å². The molecule has 156 valence electrons. The number of rotatable bonds is 6. The van der Waals surface area contributed by atoms with E-state index in [-0.39, 0.29) is 17.2 Å². The van der Waals surface area contributed by atoms with Gasteiger partial charge in [0.2, 0.25) is 0 Å². The van der Waals surface area contributed by atoms with Crippen molar-refractivity contribution in [2.24, 2.45) is 0 Å². The Morgan fingerprint density at radius 1 is 0.935 bits per heavy atom. The summed E-state index contributed by atoms with van der Waals surface area (Å²) >= 11 is 0. The van der Waals surface area contributed by atoms with Crippen molar-refractivity contribution in [3.8, 4) is 16.8 Å². The van der Waals surface area contributed by atoms with Gasteiger partial charge in [-0.2, -0.15) is 4.68 Å². The van der Waals surface area contributed by atoms with E-state index in [2.05, 4.69) is 5.10 Å². The number of carboxylic acids is 1. The summed E-state index contributed by atoms with van der Waals surface area (Å²) in [5.41, 5.74) is 3.23. The average Bonchev–Trinajstić information content (AvgIpc) is 3.11. The predicted molar refractivity (Wildman–Crippen MR) is 120 cm³/mol. The van der Waals surface area contributed by atoms with E-state index < -0.39 is 5.97 Å². The van der Waals surface area contributed by atoms with Crippen LogP contribution >= 0.6 is 0 Å². The van der Waals surface area contributed by atoms with Crippen LogP contribution in [-0.4, -0.2) is 25.4 Å². The van der Waals surface area contributed by atoms with Crippen molar-refractivity contribution in [2.45, 2.75) is 26.3 Å². The van der Waals surface area contributed by atoms with Gasteiger partial charge in [-0.05, 0) is 34.9 Å². The van der Waals surface area contributed by atoms with E-state index >= 15 is 0 Å². The van der Waals surface area contributed by atoms with E-state index in [1.807, 2.05) is 74.5 Å². The molecule has 0 unspecified atom stereocenters. The van der Waals surface area contributed by atoms with Gasteiger partial charge in [0, 0.05) is 5.92 Å². The van der Waals surface area contributed by atoms with Gasteiger partial charge in [-0.15, -0.1) is 5.10 Å². The molecule has 0 saturated heterocycles. The molecule has 0 fully saturated rings. The lowest BCUT2D eigenvalue weighted by Gasteiger charge is -2.10. The first kappa shape index (κ1) is 20.3. The van der Waals surface area contributed by atoms with Crippen LogP contribution in [0.15, 0.2) is 83.7 Å². The second-order valence-electron chi connectivity index (χ2n) is 7.68. The van der Waals surface area contributed by atoms with Gasteiger partial charge in [-0.1, -0.05) is 74.5 Å². The highest BCUT2D eigenvalue weighted by Crippen LogP contribution is 2.24. The van der Waals surface area contributed by atoms with Crippen molar-refractivity contribution < 1.29 is 9.90 Å². The molecular formula is C25H23N3O3. The van der Waals surface area contributed by atoms with Crippen LogP contribution < -0.4 is 5.69 Å². The third-order valence-electron chi connectivity index (χ3n) is 5.17. The maximum Gasteiger partial charge on any atom is 0.351 e. The van der Waals surface area contributed by atoms with Crippen molar-refractivity contribution in [3.63, 3.8) is 0 Å². The third kappa shape index (κ3) is 4.05. The maximum atomic E-state index is 13.1. The van der Waals surface area contributed by atoms with Crippen LogP contribution in [0.5, 0.6) is 0 Å². The highest BCUT2D eigenvalue weighted by Gasteiger charge is 2.17. The number of carboxylic acid groups (broad SMARTS) is 1. The summed E-state index contributed by atoms with van der Waals surface area (Å²) in [5, 5.41) is 14.0. The number of nitrogens with zero attached hydrogens (tertiary/aromatic N) is 3. The lowest BCUT2D eigenvalue weighted by molar-refractivity contribution is 0.0697. The number of hydrogen-bond donors (Lipinski definition) is 1. The standard InChI is InChI=1S/C25H23N3O3/c1-17(2)23-26-28(20-8-4-3-5-9-20)25(31)27(23)16-18-12-14-19(15-13-18)21-10-6-7-11-22(21)24(29)30/h3-15,17H,16H2,1-2H3,(H,29,30). The highest BCUT2D eigenvalue weighted by molar-refractivity contribution is 5.95. The van der Waals surface area contributed by atoms with Crippen LogP contribution in [-0.2, 0) is 6.54 Å². The molecule has 3 aromatic carbocycles. The van der Waals surface area contributed by atoms with Gasteiger partial charge in [-0.25, -0.2) is 9.59 Å². The molecule has 0 radical (unpaired) electrons. The van der Waals surface area contributed by atoms with Crippen molar-refractivity contribution in [1.82, 2.24) is 14.3 Å². The molecule has 0 amide bonds. The number of para-hydroxylation sites is 1. The molecule has 0 aliphatic rings. The van der Waals surface area contributed by atoms with E-state index in [1.54, 1.807) is 22.8 Å². The summed E-state index contributed by atoms with van der Waals surface area (Å²) in [6.07, 6.45) is 0. The Hall–Kier alpha value is -3.93. The fourth-order valence-electron chi connectivity index (χ4n) is 3.62. The normalized spacial score (nSPS) is 11.1. The van der Waals surface area contributed by atoms with Crippen LogP contribution in [0.25, 0.3) is 16.8 Å². The lowest BCUT2D eigenvalue weighted by atomic mass is 9.99. The van der Waals surface area contributed by atoms with E-state index in [9.17, 15) is 14.7 Å². The Morgan fingerprint density at radius 2 is 1.58 bits per heavy atom. The number of aromatic carboxylic acids is 1. The maximum absolute atomic E-state index is 13.1. The molecule has 4 rings (SSSR count). The van der Waals surface area contributed by atoms with E-state index in [0.717, 1.165) is 16.8 Å². The zero-order valence-electron chi connectivity index (χ0n) is 17.4. The SMILES string of the molecule is CC(C)c1nn(-c2ccccc2)c(=O)n1Cc1ccc(-c2ccccc2C(=O)O)cc1. The van der Waals surface area contributed by atoms with Gasteiger partial charge < -0.3 is 5.11 Å². The molecule has 6 nitrogen and oxygen atoms in total. The summed E-state index contributed by atoms with van der Waals surface area (Å²) in [4.78, 5) is 24.6. The first-order chi connectivity index (χ1) is 15.0. The largest absolute Gasteiger partial charge is 0.478 e. The summed E-state index contributed by atoms with van der Waals surface area (Å²) in [6, 6.07) is 23.9. The van der Waals surface area contributed by atoms with Gasteiger partial charge in [0.25, 0.3) is 0 Å². The zero-order chi connectivity index (χ0) is 22.0. The van der Waals surface area contributed by atoms with Gasteiger partial charge in [-0.3, -0.25) is 4.57 Å². The molecule has 0 aliphatic carbocycles. The minimum absolute atomic E-state index is 0.0828. The summed E-state index contributed by atoms with van der Waals surface area (Å²) < 4.78 is 3.13. The second-order valence-corrected chi connectivity index (χ2v) is 7.68. The van der Waals surface area contributed by atoms with Crippen LogP contribution in [0.2, 0.25) is 0 Å². The molecule has 0 aliphatic heterocycles. The van der Waals surface area contributed by atoms with Crippen LogP contribution in [0.4, 0.5) is 0 Å². The Morgan fingerprint density at radius 3 is 2.23 bits per heavy atom. The molecule has 0 atom stereocenters. The monoisotopic (exact) mass is 413 g/mol. The minimum Gasteiger partial charge on any atom is -0.478 e. The zero-order valence-corrected chi connectivity index (χ0v) is 17.4. The first-order valence-corrected chi connectivity index (χ1v) is 10.1. The topological polar surface area (TPSA) is 77.1 Å². The third-order valence-corrected chi connectivity index (χ3v) is 5.17. The highest BCUT2D eigenvalue weighted by atomic mass is 16.4. The molecule has 1 aromatic heterocycles. The van der Waals surface area contributed by atoms with Crippen LogP contribution in [0, 0.1) is 0 Å². The van der Waals surface area contributed by atoms with Gasteiger partial charge in [0.05, 0.1) is 17.8 Å².